The lowest BCUT2D eigenvalue weighted by molar-refractivity contribution is 0.206. The molecular formula is C18H35. The van der Waals surface area contributed by atoms with Crippen LogP contribution in [0.3, 0.4) is 0 Å². The summed E-state index contributed by atoms with van der Waals surface area (Å²) in [5.41, 5.74) is 0.525. The molecular weight excluding hydrogens is 216 g/mol. The molecule has 0 unspecified atom stereocenters. The van der Waals surface area contributed by atoms with E-state index in [1.54, 1.807) is 5.92 Å². The third-order valence-electron chi connectivity index (χ3n) is 4.62. The fourth-order valence-corrected chi connectivity index (χ4v) is 3.58. The van der Waals surface area contributed by atoms with Crippen molar-refractivity contribution in [1.29, 1.82) is 0 Å². The van der Waals surface area contributed by atoms with E-state index in [1.165, 1.54) is 57.8 Å². The van der Waals surface area contributed by atoms with Gasteiger partial charge in [0.2, 0.25) is 0 Å². The van der Waals surface area contributed by atoms with Crippen LogP contribution >= 0.6 is 0 Å². The summed E-state index contributed by atoms with van der Waals surface area (Å²) in [6.07, 6.45) is 12.9. The van der Waals surface area contributed by atoms with Gasteiger partial charge < -0.3 is 0 Å². The normalized spacial score (nSPS) is 25.7. The first-order valence-electron chi connectivity index (χ1n) is 8.24. The van der Waals surface area contributed by atoms with Crippen molar-refractivity contribution in [3.05, 3.63) is 5.92 Å². The summed E-state index contributed by atoms with van der Waals surface area (Å²) in [5.74, 6) is 3.76. The van der Waals surface area contributed by atoms with Crippen LogP contribution < -0.4 is 0 Å². The number of rotatable bonds is 6. The second-order valence-electron chi connectivity index (χ2n) is 7.79. The molecule has 0 atom stereocenters. The minimum absolute atomic E-state index is 0.525. The molecule has 0 amide bonds. The standard InChI is InChI=1S/C18H35/c1-6-7-8-9-15(2)17-12-10-16(11-13-17)14-18(3,4)5/h16-17H,6-14H2,1-5H3. The van der Waals surface area contributed by atoms with E-state index in [0.29, 0.717) is 5.41 Å². The third kappa shape index (κ3) is 6.25. The van der Waals surface area contributed by atoms with E-state index in [0.717, 1.165) is 11.8 Å². The van der Waals surface area contributed by atoms with E-state index in [2.05, 4.69) is 34.6 Å². The largest absolute Gasteiger partial charge is 0.0654 e. The Morgan fingerprint density at radius 2 is 1.61 bits per heavy atom. The molecule has 0 aromatic rings. The molecule has 1 rings (SSSR count). The van der Waals surface area contributed by atoms with Gasteiger partial charge in [-0.2, -0.15) is 0 Å². The van der Waals surface area contributed by atoms with Crippen LogP contribution in [0.5, 0.6) is 0 Å². The molecule has 0 saturated heterocycles. The van der Waals surface area contributed by atoms with Crippen molar-refractivity contribution >= 4 is 0 Å². The first-order chi connectivity index (χ1) is 8.42. The molecule has 0 N–H and O–H groups in total. The lowest BCUT2D eigenvalue weighted by Gasteiger charge is -2.35. The zero-order valence-corrected chi connectivity index (χ0v) is 13.5. The van der Waals surface area contributed by atoms with E-state index >= 15 is 0 Å². The summed E-state index contributed by atoms with van der Waals surface area (Å²) >= 11 is 0. The van der Waals surface area contributed by atoms with Crippen LogP contribution in [-0.2, 0) is 0 Å². The predicted octanol–water partition coefficient (Wildman–Crippen LogP) is 6.40. The van der Waals surface area contributed by atoms with Crippen LogP contribution in [0, 0.1) is 23.2 Å². The summed E-state index contributed by atoms with van der Waals surface area (Å²) in [6.45, 7) is 11.9. The van der Waals surface area contributed by atoms with Crippen molar-refractivity contribution in [1.82, 2.24) is 0 Å². The van der Waals surface area contributed by atoms with Crippen molar-refractivity contribution in [2.45, 2.75) is 92.4 Å². The first-order valence-corrected chi connectivity index (χ1v) is 8.24. The van der Waals surface area contributed by atoms with Gasteiger partial charge in [-0.3, -0.25) is 0 Å². The molecule has 1 aliphatic rings. The van der Waals surface area contributed by atoms with Crippen LogP contribution in [0.25, 0.3) is 0 Å². The fraction of sp³-hybridized carbons (Fsp3) is 0.944. The highest BCUT2D eigenvalue weighted by Gasteiger charge is 2.27. The van der Waals surface area contributed by atoms with Gasteiger partial charge in [0.25, 0.3) is 0 Å². The average molecular weight is 251 g/mol. The summed E-state index contributed by atoms with van der Waals surface area (Å²) in [5, 5.41) is 0. The van der Waals surface area contributed by atoms with Crippen LogP contribution in [-0.4, -0.2) is 0 Å². The molecule has 0 bridgehead atoms. The van der Waals surface area contributed by atoms with Crippen molar-refractivity contribution < 1.29 is 0 Å². The monoisotopic (exact) mass is 251 g/mol. The Labute approximate surface area is 116 Å². The Bertz CT molecular complexity index is 203. The topological polar surface area (TPSA) is 0 Å². The second-order valence-corrected chi connectivity index (χ2v) is 7.79. The van der Waals surface area contributed by atoms with E-state index in [4.69, 9.17) is 0 Å². The maximum Gasteiger partial charge on any atom is -0.0241 e. The second kappa shape index (κ2) is 7.56. The third-order valence-corrected chi connectivity index (χ3v) is 4.62. The molecule has 1 aliphatic carbocycles. The van der Waals surface area contributed by atoms with E-state index in [-0.39, 0.29) is 0 Å². The maximum atomic E-state index is 2.42. The van der Waals surface area contributed by atoms with Gasteiger partial charge in [0.15, 0.2) is 0 Å². The van der Waals surface area contributed by atoms with Crippen LogP contribution in [0.2, 0.25) is 0 Å². The van der Waals surface area contributed by atoms with E-state index in [9.17, 15) is 0 Å². The summed E-state index contributed by atoms with van der Waals surface area (Å²) in [7, 11) is 0. The molecule has 1 saturated carbocycles. The Balaban J connectivity index is 2.22. The van der Waals surface area contributed by atoms with Crippen LogP contribution in [0.15, 0.2) is 0 Å². The van der Waals surface area contributed by atoms with E-state index < -0.39 is 0 Å². The predicted molar refractivity (Wildman–Crippen MR) is 82.6 cm³/mol. The van der Waals surface area contributed by atoms with Gasteiger partial charge >= 0.3 is 0 Å². The zero-order valence-electron chi connectivity index (χ0n) is 13.5. The number of hydrogen-bond acceptors (Lipinski definition) is 0. The van der Waals surface area contributed by atoms with E-state index in [1.807, 2.05) is 0 Å². The lowest BCUT2D eigenvalue weighted by Crippen LogP contribution is -2.22. The molecule has 0 aromatic carbocycles. The van der Waals surface area contributed by atoms with Gasteiger partial charge in [-0.15, -0.1) is 0 Å². The highest BCUT2D eigenvalue weighted by atomic mass is 14.3. The van der Waals surface area contributed by atoms with Gasteiger partial charge in [-0.25, -0.2) is 0 Å². The van der Waals surface area contributed by atoms with Crippen LogP contribution in [0.4, 0.5) is 0 Å². The summed E-state index contributed by atoms with van der Waals surface area (Å²) in [4.78, 5) is 0. The Hall–Kier alpha value is 0. The zero-order chi connectivity index (χ0) is 13.6. The summed E-state index contributed by atoms with van der Waals surface area (Å²) < 4.78 is 0. The van der Waals surface area contributed by atoms with Gasteiger partial charge in [-0.1, -0.05) is 66.7 Å². The van der Waals surface area contributed by atoms with Gasteiger partial charge in [-0.05, 0) is 48.9 Å². The molecule has 0 heteroatoms. The van der Waals surface area contributed by atoms with Gasteiger partial charge in [0.1, 0.15) is 0 Å². The molecule has 107 valence electrons. The molecule has 0 aromatic heterocycles. The maximum absolute atomic E-state index is 2.42. The smallest absolute Gasteiger partial charge is 0.0241 e. The fourth-order valence-electron chi connectivity index (χ4n) is 3.58. The molecule has 0 spiro atoms. The molecule has 0 heterocycles. The highest BCUT2D eigenvalue weighted by molar-refractivity contribution is 4.94. The highest BCUT2D eigenvalue weighted by Crippen LogP contribution is 2.40. The molecule has 1 fully saturated rings. The minimum Gasteiger partial charge on any atom is -0.0654 e. The number of hydrogen-bond donors (Lipinski definition) is 0. The quantitative estimate of drug-likeness (QED) is 0.479. The van der Waals surface area contributed by atoms with Crippen molar-refractivity contribution in [3.8, 4) is 0 Å². The molecule has 1 radical (unpaired) electrons. The molecule has 0 nitrogen and oxygen atoms in total. The summed E-state index contributed by atoms with van der Waals surface area (Å²) in [6, 6.07) is 0. The first kappa shape index (κ1) is 16.1. The Kier molecular flexibility index (Phi) is 6.74. The number of unbranched alkanes of at least 4 members (excludes halogenated alkanes) is 2. The van der Waals surface area contributed by atoms with Crippen molar-refractivity contribution in [3.63, 3.8) is 0 Å². The van der Waals surface area contributed by atoms with Gasteiger partial charge in [0, 0.05) is 0 Å². The van der Waals surface area contributed by atoms with Crippen LogP contribution in [0.1, 0.15) is 92.4 Å². The van der Waals surface area contributed by atoms with Gasteiger partial charge in [0.05, 0.1) is 0 Å². The minimum atomic E-state index is 0.525. The average Bonchev–Trinajstić information content (AvgIpc) is 2.28. The Morgan fingerprint density at radius 3 is 2.11 bits per heavy atom. The van der Waals surface area contributed by atoms with Crippen molar-refractivity contribution in [2.75, 3.05) is 0 Å². The van der Waals surface area contributed by atoms with Crippen molar-refractivity contribution in [2.24, 2.45) is 17.3 Å². The molecule has 18 heavy (non-hydrogen) atoms. The SMILES string of the molecule is CCCCC[C](C)C1CCC(CC(C)(C)C)CC1. The lowest BCUT2D eigenvalue weighted by atomic mass is 9.71. The molecule has 0 aliphatic heterocycles. The Morgan fingerprint density at radius 1 is 1.00 bits per heavy atom.